The van der Waals surface area contributed by atoms with Crippen LogP contribution in [0, 0.1) is 28.4 Å². The lowest BCUT2D eigenvalue weighted by Crippen LogP contribution is -2.04. The third kappa shape index (κ3) is 4.07. The molecule has 0 aliphatic rings. The van der Waals surface area contributed by atoms with Crippen molar-refractivity contribution in [2.45, 2.75) is 11.8 Å². The zero-order chi connectivity index (χ0) is 20.2. The molecule has 2 aromatic rings. The van der Waals surface area contributed by atoms with E-state index in [4.69, 9.17) is 9.47 Å². The SMILES string of the molecule is COc1cc(C=C(C#N)S(=O)(=O)c2ccc(C)cc2)c([N+](=O)[O-])cc1OC. The van der Waals surface area contributed by atoms with Gasteiger partial charge in [-0.15, -0.1) is 0 Å². The van der Waals surface area contributed by atoms with Gasteiger partial charge in [-0.2, -0.15) is 5.26 Å². The second-order valence-corrected chi connectivity index (χ2v) is 7.38. The van der Waals surface area contributed by atoms with Crippen LogP contribution in [-0.4, -0.2) is 27.6 Å². The van der Waals surface area contributed by atoms with Crippen LogP contribution in [0.2, 0.25) is 0 Å². The van der Waals surface area contributed by atoms with E-state index in [1.54, 1.807) is 25.1 Å². The van der Waals surface area contributed by atoms with E-state index in [1.165, 1.54) is 32.4 Å². The number of aryl methyl sites for hydroxylation is 1. The zero-order valence-corrected chi connectivity index (χ0v) is 15.6. The molecule has 0 aromatic heterocycles. The number of sulfone groups is 1. The Bertz CT molecular complexity index is 1050. The van der Waals surface area contributed by atoms with Gasteiger partial charge in [0.05, 0.1) is 35.7 Å². The van der Waals surface area contributed by atoms with Crippen molar-refractivity contribution in [2.75, 3.05) is 14.2 Å². The van der Waals surface area contributed by atoms with Crippen molar-refractivity contribution in [1.82, 2.24) is 0 Å². The minimum atomic E-state index is -4.14. The van der Waals surface area contributed by atoms with Crippen LogP contribution >= 0.6 is 0 Å². The van der Waals surface area contributed by atoms with Crippen molar-refractivity contribution in [1.29, 1.82) is 5.26 Å². The van der Waals surface area contributed by atoms with Gasteiger partial charge in [-0.1, -0.05) is 17.7 Å². The summed E-state index contributed by atoms with van der Waals surface area (Å²) in [6, 6.07) is 9.92. The number of nitro benzene ring substituents is 1. The van der Waals surface area contributed by atoms with Gasteiger partial charge >= 0.3 is 0 Å². The Morgan fingerprint density at radius 3 is 2.19 bits per heavy atom. The molecule has 0 saturated heterocycles. The quantitative estimate of drug-likeness (QED) is 0.423. The van der Waals surface area contributed by atoms with Crippen LogP contribution in [-0.2, 0) is 9.84 Å². The normalized spacial score (nSPS) is 11.6. The van der Waals surface area contributed by atoms with Crippen LogP contribution in [0.15, 0.2) is 46.2 Å². The molecular weight excluding hydrogens is 372 g/mol. The molecule has 0 aliphatic heterocycles. The molecule has 0 fully saturated rings. The molecule has 0 aliphatic carbocycles. The predicted molar refractivity (Wildman–Crippen MR) is 98.2 cm³/mol. The summed E-state index contributed by atoms with van der Waals surface area (Å²) in [5.74, 6) is 0.278. The fraction of sp³-hybridized carbons (Fsp3) is 0.167. The van der Waals surface area contributed by atoms with Crippen LogP contribution in [0.25, 0.3) is 6.08 Å². The molecule has 0 saturated carbocycles. The number of methoxy groups -OCH3 is 2. The first-order valence-electron chi connectivity index (χ1n) is 7.58. The molecule has 0 atom stereocenters. The first-order chi connectivity index (χ1) is 12.7. The Morgan fingerprint density at radius 1 is 1.15 bits per heavy atom. The van der Waals surface area contributed by atoms with Crippen LogP contribution in [0.4, 0.5) is 5.69 Å². The Hall–Kier alpha value is -3.38. The molecule has 27 heavy (non-hydrogen) atoms. The van der Waals surface area contributed by atoms with E-state index in [9.17, 15) is 23.8 Å². The minimum absolute atomic E-state index is 0.0796. The van der Waals surface area contributed by atoms with Crippen molar-refractivity contribution in [2.24, 2.45) is 0 Å². The maximum absolute atomic E-state index is 12.7. The van der Waals surface area contributed by atoms with E-state index in [0.717, 1.165) is 17.7 Å². The second kappa shape index (κ2) is 7.88. The van der Waals surface area contributed by atoms with Gasteiger partial charge in [-0.05, 0) is 31.2 Å². The van der Waals surface area contributed by atoms with Crippen LogP contribution < -0.4 is 9.47 Å². The minimum Gasteiger partial charge on any atom is -0.493 e. The van der Waals surface area contributed by atoms with Crippen LogP contribution in [0.3, 0.4) is 0 Å². The summed E-state index contributed by atoms with van der Waals surface area (Å²) >= 11 is 0. The lowest BCUT2D eigenvalue weighted by Gasteiger charge is -2.09. The lowest BCUT2D eigenvalue weighted by atomic mass is 10.1. The summed E-state index contributed by atoms with van der Waals surface area (Å²) < 4.78 is 35.6. The van der Waals surface area contributed by atoms with Crippen LogP contribution in [0.5, 0.6) is 11.5 Å². The van der Waals surface area contributed by atoms with Gasteiger partial charge in [0.25, 0.3) is 5.69 Å². The molecule has 8 nitrogen and oxygen atoms in total. The average molecular weight is 388 g/mol. The number of hydrogen-bond acceptors (Lipinski definition) is 7. The van der Waals surface area contributed by atoms with E-state index < -0.39 is 25.4 Å². The van der Waals surface area contributed by atoms with Crippen molar-refractivity contribution < 1.29 is 22.8 Å². The Labute approximate surface area is 156 Å². The fourth-order valence-electron chi connectivity index (χ4n) is 2.31. The molecule has 2 rings (SSSR count). The highest BCUT2D eigenvalue weighted by Crippen LogP contribution is 2.36. The molecule has 0 radical (unpaired) electrons. The van der Waals surface area contributed by atoms with Crippen molar-refractivity contribution in [3.63, 3.8) is 0 Å². The summed E-state index contributed by atoms with van der Waals surface area (Å²) in [6.07, 6.45) is 0.954. The first kappa shape index (κ1) is 19.9. The van der Waals surface area contributed by atoms with Gasteiger partial charge in [0.15, 0.2) is 11.5 Å². The number of allylic oxidation sites excluding steroid dienone is 1. The summed E-state index contributed by atoms with van der Waals surface area (Å²) in [6.45, 7) is 1.80. The summed E-state index contributed by atoms with van der Waals surface area (Å²) in [7, 11) is -1.48. The Balaban J connectivity index is 2.69. The first-order valence-corrected chi connectivity index (χ1v) is 9.07. The number of benzene rings is 2. The van der Waals surface area contributed by atoms with E-state index in [-0.39, 0.29) is 22.0 Å². The van der Waals surface area contributed by atoms with E-state index >= 15 is 0 Å². The van der Waals surface area contributed by atoms with Gasteiger partial charge < -0.3 is 9.47 Å². The van der Waals surface area contributed by atoms with Gasteiger partial charge in [0, 0.05) is 0 Å². The molecule has 2 aromatic carbocycles. The summed E-state index contributed by atoms with van der Waals surface area (Å²) in [5, 5.41) is 20.7. The fourth-order valence-corrected chi connectivity index (χ4v) is 3.46. The number of ether oxygens (including phenoxy) is 2. The number of rotatable bonds is 6. The highest BCUT2D eigenvalue weighted by Gasteiger charge is 2.24. The second-order valence-electron chi connectivity index (χ2n) is 5.46. The summed E-state index contributed by atoms with van der Waals surface area (Å²) in [4.78, 5) is 9.97. The van der Waals surface area contributed by atoms with Crippen molar-refractivity contribution in [3.05, 3.63) is 62.5 Å². The van der Waals surface area contributed by atoms with Crippen LogP contribution in [0.1, 0.15) is 11.1 Å². The highest BCUT2D eigenvalue weighted by atomic mass is 32.2. The molecular formula is C18H16N2O6S. The Morgan fingerprint density at radius 2 is 1.70 bits per heavy atom. The molecule has 140 valence electrons. The average Bonchev–Trinajstić information content (AvgIpc) is 2.65. The maximum atomic E-state index is 12.7. The largest absolute Gasteiger partial charge is 0.493 e. The standard InChI is InChI=1S/C18H16N2O6S/c1-12-4-6-14(7-5-12)27(23,24)15(11-19)8-13-9-17(25-2)18(26-3)10-16(13)20(21)22/h4-10H,1-3H3. The van der Waals surface area contributed by atoms with Gasteiger partial charge in [-0.25, -0.2) is 8.42 Å². The smallest absolute Gasteiger partial charge is 0.280 e. The van der Waals surface area contributed by atoms with E-state index in [2.05, 4.69) is 0 Å². The molecule has 0 spiro atoms. The summed E-state index contributed by atoms with van der Waals surface area (Å²) in [5.41, 5.74) is 0.344. The number of nitriles is 1. The van der Waals surface area contributed by atoms with E-state index in [1.807, 2.05) is 0 Å². The number of nitro groups is 1. The van der Waals surface area contributed by atoms with Gasteiger partial charge in [-0.3, -0.25) is 10.1 Å². The van der Waals surface area contributed by atoms with Gasteiger partial charge in [0.2, 0.25) is 9.84 Å². The topological polar surface area (TPSA) is 120 Å². The van der Waals surface area contributed by atoms with Crippen molar-refractivity contribution >= 4 is 21.6 Å². The molecule has 0 N–H and O–H groups in total. The number of hydrogen-bond donors (Lipinski definition) is 0. The van der Waals surface area contributed by atoms with Crippen molar-refractivity contribution in [3.8, 4) is 17.6 Å². The lowest BCUT2D eigenvalue weighted by molar-refractivity contribution is -0.385. The zero-order valence-electron chi connectivity index (χ0n) is 14.8. The molecule has 0 amide bonds. The monoisotopic (exact) mass is 388 g/mol. The Kier molecular flexibility index (Phi) is 5.82. The molecule has 0 bridgehead atoms. The molecule has 0 heterocycles. The van der Waals surface area contributed by atoms with Gasteiger partial charge in [0.1, 0.15) is 11.0 Å². The van der Waals surface area contributed by atoms with E-state index in [0.29, 0.717) is 0 Å². The number of nitrogens with zero attached hydrogens (tertiary/aromatic N) is 2. The maximum Gasteiger partial charge on any atom is 0.280 e. The molecule has 0 unspecified atom stereocenters. The predicted octanol–water partition coefficient (Wildman–Crippen LogP) is 3.26. The molecule has 9 heteroatoms. The third-order valence-corrected chi connectivity index (χ3v) is 5.43. The highest BCUT2D eigenvalue weighted by molar-refractivity contribution is 7.95. The third-order valence-electron chi connectivity index (χ3n) is 3.75.